The molecule has 96 valence electrons. The molecule has 20 heavy (non-hydrogen) atoms. The van der Waals surface area contributed by atoms with Gasteiger partial charge in [0.2, 0.25) is 5.78 Å². The Kier molecular flexibility index (Phi) is 3.33. The summed E-state index contributed by atoms with van der Waals surface area (Å²) in [6.45, 7) is 0. The summed E-state index contributed by atoms with van der Waals surface area (Å²) < 4.78 is 0. The van der Waals surface area contributed by atoms with E-state index in [4.69, 9.17) is 0 Å². The predicted octanol–water partition coefficient (Wildman–Crippen LogP) is 3.37. The molecule has 3 aromatic rings. The molecule has 0 aliphatic carbocycles. The molecule has 0 fully saturated rings. The maximum absolute atomic E-state index is 12.3. The number of nitrogens with zero attached hydrogens (tertiary/aromatic N) is 2. The molecule has 0 saturated heterocycles. The molecule has 0 bridgehead atoms. The third-order valence-corrected chi connectivity index (χ3v) is 3.01. The van der Waals surface area contributed by atoms with Gasteiger partial charge in [-0.3, -0.25) is 4.79 Å². The lowest BCUT2D eigenvalue weighted by Crippen LogP contribution is -2.04. The fraction of sp³-hybridized carbons (Fsp3) is 0. The second kappa shape index (κ2) is 5.45. The molecule has 0 amide bonds. The van der Waals surface area contributed by atoms with E-state index in [1.807, 2.05) is 48.5 Å². The lowest BCUT2D eigenvalue weighted by Gasteiger charge is -2.03. The third kappa shape index (κ3) is 2.47. The summed E-state index contributed by atoms with van der Waals surface area (Å²) in [5, 5.41) is 0. The molecular weight excluding hydrogens is 248 g/mol. The van der Waals surface area contributed by atoms with Crippen LogP contribution in [0.1, 0.15) is 16.1 Å². The second-order valence-electron chi connectivity index (χ2n) is 4.35. The summed E-state index contributed by atoms with van der Waals surface area (Å²) in [6.07, 6.45) is 1.43. The van der Waals surface area contributed by atoms with Gasteiger partial charge in [0.1, 0.15) is 12.0 Å². The number of carbonyl (C=O) groups excluding carboxylic acids is 1. The summed E-state index contributed by atoms with van der Waals surface area (Å²) in [4.78, 5) is 20.6. The summed E-state index contributed by atoms with van der Waals surface area (Å²) in [7, 11) is 0. The molecule has 0 aliphatic rings. The highest BCUT2D eigenvalue weighted by Gasteiger charge is 2.11. The molecule has 3 heteroatoms. The Labute approximate surface area is 117 Å². The van der Waals surface area contributed by atoms with Gasteiger partial charge in [-0.1, -0.05) is 60.7 Å². The molecule has 1 heterocycles. The van der Waals surface area contributed by atoms with E-state index in [-0.39, 0.29) is 5.78 Å². The fourth-order valence-electron chi connectivity index (χ4n) is 1.99. The van der Waals surface area contributed by atoms with Crippen LogP contribution in [0.3, 0.4) is 0 Å². The van der Waals surface area contributed by atoms with Crippen molar-refractivity contribution >= 4 is 5.78 Å². The SMILES string of the molecule is O=C(c1ccccc1)c1cc(-c2ccccc2)ncn1. The van der Waals surface area contributed by atoms with Crippen molar-refractivity contribution in [1.29, 1.82) is 0 Å². The van der Waals surface area contributed by atoms with Gasteiger partial charge in [-0.2, -0.15) is 0 Å². The highest BCUT2D eigenvalue weighted by atomic mass is 16.1. The minimum absolute atomic E-state index is 0.0924. The Morgan fingerprint density at radius 2 is 1.45 bits per heavy atom. The van der Waals surface area contributed by atoms with Gasteiger partial charge >= 0.3 is 0 Å². The van der Waals surface area contributed by atoms with E-state index >= 15 is 0 Å². The van der Waals surface area contributed by atoms with Crippen molar-refractivity contribution in [2.45, 2.75) is 0 Å². The van der Waals surface area contributed by atoms with E-state index in [1.54, 1.807) is 18.2 Å². The fourth-order valence-corrected chi connectivity index (χ4v) is 1.99. The molecular formula is C17H12N2O. The van der Waals surface area contributed by atoms with Gasteiger partial charge in [-0.25, -0.2) is 9.97 Å². The molecule has 0 unspecified atom stereocenters. The van der Waals surface area contributed by atoms with Gasteiger partial charge in [0.25, 0.3) is 0 Å². The standard InChI is InChI=1S/C17H12N2O/c20-17(14-9-5-2-6-10-14)16-11-15(18-12-19-16)13-7-3-1-4-8-13/h1-12H. The molecule has 0 N–H and O–H groups in total. The Hall–Kier alpha value is -2.81. The van der Waals surface area contributed by atoms with Crippen LogP contribution in [0.25, 0.3) is 11.3 Å². The van der Waals surface area contributed by atoms with Gasteiger partial charge < -0.3 is 0 Å². The zero-order valence-corrected chi connectivity index (χ0v) is 10.7. The Bertz CT molecular complexity index is 724. The van der Waals surface area contributed by atoms with Crippen molar-refractivity contribution in [3.05, 3.63) is 84.3 Å². The minimum atomic E-state index is -0.0924. The average Bonchev–Trinajstić information content (AvgIpc) is 2.56. The van der Waals surface area contributed by atoms with Crippen LogP contribution in [0, 0.1) is 0 Å². The van der Waals surface area contributed by atoms with Crippen LogP contribution in [-0.2, 0) is 0 Å². The zero-order chi connectivity index (χ0) is 13.8. The number of ketones is 1. The quantitative estimate of drug-likeness (QED) is 0.678. The first-order valence-corrected chi connectivity index (χ1v) is 6.32. The summed E-state index contributed by atoms with van der Waals surface area (Å²) in [5.41, 5.74) is 2.76. The van der Waals surface area contributed by atoms with Crippen LogP contribution in [0.5, 0.6) is 0 Å². The van der Waals surface area contributed by atoms with Crippen molar-refractivity contribution < 1.29 is 4.79 Å². The molecule has 0 radical (unpaired) electrons. The smallest absolute Gasteiger partial charge is 0.211 e. The Morgan fingerprint density at radius 1 is 0.800 bits per heavy atom. The summed E-state index contributed by atoms with van der Waals surface area (Å²) >= 11 is 0. The largest absolute Gasteiger partial charge is 0.287 e. The Morgan fingerprint density at radius 3 is 2.15 bits per heavy atom. The van der Waals surface area contributed by atoms with E-state index in [1.165, 1.54) is 6.33 Å². The van der Waals surface area contributed by atoms with Crippen molar-refractivity contribution in [3.63, 3.8) is 0 Å². The predicted molar refractivity (Wildman–Crippen MR) is 77.3 cm³/mol. The highest BCUT2D eigenvalue weighted by molar-refractivity contribution is 6.08. The lowest BCUT2D eigenvalue weighted by molar-refractivity contribution is 0.103. The Balaban J connectivity index is 1.98. The van der Waals surface area contributed by atoms with E-state index in [0.717, 1.165) is 11.3 Å². The third-order valence-electron chi connectivity index (χ3n) is 3.01. The highest BCUT2D eigenvalue weighted by Crippen LogP contribution is 2.17. The van der Waals surface area contributed by atoms with Crippen LogP contribution in [-0.4, -0.2) is 15.8 Å². The van der Waals surface area contributed by atoms with Gasteiger partial charge in [0.05, 0.1) is 5.69 Å². The number of hydrogen-bond acceptors (Lipinski definition) is 3. The number of benzene rings is 2. The summed E-state index contributed by atoms with van der Waals surface area (Å²) in [5.74, 6) is -0.0924. The molecule has 0 atom stereocenters. The van der Waals surface area contributed by atoms with Crippen molar-refractivity contribution in [2.24, 2.45) is 0 Å². The maximum Gasteiger partial charge on any atom is 0.211 e. The zero-order valence-electron chi connectivity index (χ0n) is 10.7. The second-order valence-corrected chi connectivity index (χ2v) is 4.35. The number of rotatable bonds is 3. The van der Waals surface area contributed by atoms with Gasteiger partial charge in [0, 0.05) is 11.1 Å². The van der Waals surface area contributed by atoms with E-state index in [0.29, 0.717) is 11.3 Å². The average molecular weight is 260 g/mol. The summed E-state index contributed by atoms with van der Waals surface area (Å²) in [6, 6.07) is 20.6. The first kappa shape index (κ1) is 12.2. The maximum atomic E-state index is 12.3. The van der Waals surface area contributed by atoms with Crippen LogP contribution < -0.4 is 0 Å². The first-order chi connectivity index (χ1) is 9.84. The van der Waals surface area contributed by atoms with Crippen molar-refractivity contribution in [1.82, 2.24) is 9.97 Å². The molecule has 1 aromatic heterocycles. The molecule has 0 spiro atoms. The number of carbonyl (C=O) groups is 1. The monoisotopic (exact) mass is 260 g/mol. The normalized spacial score (nSPS) is 10.2. The van der Waals surface area contributed by atoms with E-state index in [9.17, 15) is 4.79 Å². The number of aromatic nitrogens is 2. The lowest BCUT2D eigenvalue weighted by atomic mass is 10.1. The van der Waals surface area contributed by atoms with Crippen LogP contribution in [0.15, 0.2) is 73.1 Å². The first-order valence-electron chi connectivity index (χ1n) is 6.32. The van der Waals surface area contributed by atoms with Crippen LogP contribution >= 0.6 is 0 Å². The van der Waals surface area contributed by atoms with Gasteiger partial charge in [0.15, 0.2) is 0 Å². The number of hydrogen-bond donors (Lipinski definition) is 0. The molecule has 2 aromatic carbocycles. The molecule has 3 nitrogen and oxygen atoms in total. The topological polar surface area (TPSA) is 42.9 Å². The van der Waals surface area contributed by atoms with E-state index < -0.39 is 0 Å². The minimum Gasteiger partial charge on any atom is -0.287 e. The van der Waals surface area contributed by atoms with Gasteiger partial charge in [-0.05, 0) is 6.07 Å². The van der Waals surface area contributed by atoms with Gasteiger partial charge in [-0.15, -0.1) is 0 Å². The van der Waals surface area contributed by atoms with E-state index in [2.05, 4.69) is 9.97 Å². The van der Waals surface area contributed by atoms with Crippen LogP contribution in [0.4, 0.5) is 0 Å². The van der Waals surface area contributed by atoms with Crippen molar-refractivity contribution in [3.8, 4) is 11.3 Å². The van der Waals surface area contributed by atoms with Crippen molar-refractivity contribution in [2.75, 3.05) is 0 Å². The molecule has 0 saturated carbocycles. The molecule has 0 aliphatic heterocycles. The molecule has 3 rings (SSSR count). The van der Waals surface area contributed by atoms with Crippen LogP contribution in [0.2, 0.25) is 0 Å².